The van der Waals surface area contributed by atoms with Crippen LogP contribution in [0.3, 0.4) is 0 Å². The summed E-state index contributed by atoms with van der Waals surface area (Å²) in [5.74, 6) is 8.04. The van der Waals surface area contributed by atoms with Crippen LogP contribution in [0.4, 0.5) is 5.69 Å². The molecule has 9 heteroatoms. The third-order valence-electron chi connectivity index (χ3n) is 3.72. The molecule has 0 fully saturated rings. The summed E-state index contributed by atoms with van der Waals surface area (Å²) >= 11 is 1.21. The molecule has 0 unspecified atom stereocenters. The molecule has 0 radical (unpaired) electrons. The standard InChI is InChI=1S/C18H19N5O3S/c1-25-14-7-3-12(4-8-14)17-21-22-18(23(17)19)27-11-16(24)20-13-5-9-15(26-2)10-6-13/h3-10H,11,19H2,1-2H3,(H,20,24). The monoisotopic (exact) mass is 385 g/mol. The van der Waals surface area contributed by atoms with Crippen LogP contribution in [0, 0.1) is 0 Å². The van der Waals surface area contributed by atoms with E-state index in [-0.39, 0.29) is 11.7 Å². The van der Waals surface area contributed by atoms with E-state index >= 15 is 0 Å². The zero-order valence-corrected chi connectivity index (χ0v) is 15.7. The average molecular weight is 385 g/mol. The number of carbonyl (C=O) groups is 1. The number of hydrogen-bond acceptors (Lipinski definition) is 7. The summed E-state index contributed by atoms with van der Waals surface area (Å²) in [4.78, 5) is 12.1. The van der Waals surface area contributed by atoms with E-state index in [4.69, 9.17) is 15.3 Å². The van der Waals surface area contributed by atoms with Gasteiger partial charge in [0.05, 0.1) is 20.0 Å². The van der Waals surface area contributed by atoms with E-state index in [1.165, 1.54) is 16.4 Å². The van der Waals surface area contributed by atoms with Gasteiger partial charge in [-0.05, 0) is 48.5 Å². The first-order valence-corrected chi connectivity index (χ1v) is 9.01. The number of methoxy groups -OCH3 is 2. The predicted octanol–water partition coefficient (Wildman–Crippen LogP) is 2.41. The van der Waals surface area contributed by atoms with Gasteiger partial charge in [-0.15, -0.1) is 10.2 Å². The Hall–Kier alpha value is -3.20. The van der Waals surface area contributed by atoms with Crippen LogP contribution < -0.4 is 20.6 Å². The van der Waals surface area contributed by atoms with E-state index in [0.717, 1.165) is 17.1 Å². The smallest absolute Gasteiger partial charge is 0.234 e. The highest BCUT2D eigenvalue weighted by atomic mass is 32.2. The van der Waals surface area contributed by atoms with Crippen LogP contribution in [-0.2, 0) is 4.79 Å². The minimum atomic E-state index is -0.167. The Morgan fingerprint density at radius 1 is 1.04 bits per heavy atom. The van der Waals surface area contributed by atoms with Gasteiger partial charge in [-0.1, -0.05) is 11.8 Å². The Morgan fingerprint density at radius 2 is 1.63 bits per heavy atom. The fraction of sp³-hybridized carbons (Fsp3) is 0.167. The van der Waals surface area contributed by atoms with Crippen LogP contribution >= 0.6 is 11.8 Å². The van der Waals surface area contributed by atoms with Crippen LogP contribution in [0.15, 0.2) is 53.7 Å². The molecule has 1 aromatic heterocycles. The fourth-order valence-electron chi connectivity index (χ4n) is 2.31. The lowest BCUT2D eigenvalue weighted by Crippen LogP contribution is -2.16. The molecule has 0 spiro atoms. The molecule has 2 aromatic carbocycles. The molecule has 140 valence electrons. The average Bonchev–Trinajstić information content (AvgIpc) is 3.07. The summed E-state index contributed by atoms with van der Waals surface area (Å²) in [6.45, 7) is 0. The number of aromatic nitrogens is 3. The maximum absolute atomic E-state index is 12.1. The van der Waals surface area contributed by atoms with E-state index in [1.54, 1.807) is 38.5 Å². The molecule has 8 nitrogen and oxygen atoms in total. The van der Waals surface area contributed by atoms with E-state index in [9.17, 15) is 4.79 Å². The first kappa shape index (κ1) is 18.6. The van der Waals surface area contributed by atoms with Crippen molar-refractivity contribution in [3.63, 3.8) is 0 Å². The van der Waals surface area contributed by atoms with Gasteiger partial charge in [0, 0.05) is 11.3 Å². The number of nitrogen functional groups attached to an aromatic ring is 1. The number of anilines is 1. The lowest BCUT2D eigenvalue weighted by atomic mass is 10.2. The number of amides is 1. The Balaban J connectivity index is 1.60. The number of thioether (sulfide) groups is 1. The molecule has 0 atom stereocenters. The van der Waals surface area contributed by atoms with Crippen LogP contribution in [0.25, 0.3) is 11.4 Å². The predicted molar refractivity (Wildman–Crippen MR) is 105 cm³/mol. The lowest BCUT2D eigenvalue weighted by molar-refractivity contribution is -0.113. The summed E-state index contributed by atoms with van der Waals surface area (Å²) in [5, 5.41) is 11.4. The third kappa shape index (κ3) is 4.50. The second-order valence-electron chi connectivity index (χ2n) is 5.47. The number of nitrogens with two attached hydrogens (primary N) is 1. The van der Waals surface area contributed by atoms with Crippen molar-refractivity contribution >= 4 is 23.4 Å². The van der Waals surface area contributed by atoms with Crippen molar-refractivity contribution in [2.45, 2.75) is 5.16 Å². The summed E-state index contributed by atoms with van der Waals surface area (Å²) in [6, 6.07) is 14.4. The maximum atomic E-state index is 12.1. The quantitative estimate of drug-likeness (QED) is 0.475. The van der Waals surface area contributed by atoms with E-state index in [2.05, 4.69) is 15.5 Å². The van der Waals surface area contributed by atoms with Gasteiger partial charge in [0.2, 0.25) is 11.1 Å². The highest BCUT2D eigenvalue weighted by molar-refractivity contribution is 7.99. The summed E-state index contributed by atoms with van der Waals surface area (Å²) in [6.07, 6.45) is 0. The van der Waals surface area contributed by atoms with E-state index in [0.29, 0.717) is 16.7 Å². The van der Waals surface area contributed by atoms with Crippen LogP contribution in [0.5, 0.6) is 11.5 Å². The van der Waals surface area contributed by atoms with Crippen LogP contribution in [0.1, 0.15) is 0 Å². The summed E-state index contributed by atoms with van der Waals surface area (Å²) in [7, 11) is 3.19. The number of carbonyl (C=O) groups excluding carboxylic acids is 1. The van der Waals surface area contributed by atoms with Crippen molar-refractivity contribution in [2.75, 3.05) is 31.1 Å². The molecule has 0 bridgehead atoms. The minimum Gasteiger partial charge on any atom is -0.497 e. The normalized spacial score (nSPS) is 10.4. The van der Waals surface area contributed by atoms with Gasteiger partial charge in [-0.3, -0.25) is 4.79 Å². The van der Waals surface area contributed by atoms with Gasteiger partial charge >= 0.3 is 0 Å². The van der Waals surface area contributed by atoms with Crippen LogP contribution in [0.2, 0.25) is 0 Å². The molecule has 1 amide bonds. The van der Waals surface area contributed by atoms with Gasteiger partial charge in [0.25, 0.3) is 0 Å². The molecular weight excluding hydrogens is 366 g/mol. The van der Waals surface area contributed by atoms with Gasteiger partial charge < -0.3 is 20.6 Å². The van der Waals surface area contributed by atoms with E-state index < -0.39 is 0 Å². The minimum absolute atomic E-state index is 0.157. The van der Waals surface area contributed by atoms with Gasteiger partial charge in [-0.2, -0.15) is 0 Å². The Kier molecular flexibility index (Phi) is 5.82. The number of hydrogen-bond donors (Lipinski definition) is 2. The van der Waals surface area contributed by atoms with Crippen molar-refractivity contribution < 1.29 is 14.3 Å². The Morgan fingerprint density at radius 3 is 2.22 bits per heavy atom. The molecule has 27 heavy (non-hydrogen) atoms. The van der Waals surface area contributed by atoms with Crippen molar-refractivity contribution in [2.24, 2.45) is 0 Å². The zero-order chi connectivity index (χ0) is 19.2. The van der Waals surface area contributed by atoms with Crippen molar-refractivity contribution in [3.8, 4) is 22.9 Å². The second-order valence-corrected chi connectivity index (χ2v) is 6.41. The molecule has 3 N–H and O–H groups in total. The summed E-state index contributed by atoms with van der Waals surface area (Å²) in [5.41, 5.74) is 1.50. The molecule has 0 aliphatic rings. The molecule has 3 aromatic rings. The molecule has 3 rings (SSSR count). The van der Waals surface area contributed by atoms with Gasteiger partial charge in [0.15, 0.2) is 5.82 Å². The number of nitrogens with one attached hydrogen (secondary N) is 1. The molecule has 0 saturated carbocycles. The number of benzene rings is 2. The highest BCUT2D eigenvalue weighted by Gasteiger charge is 2.14. The van der Waals surface area contributed by atoms with Crippen molar-refractivity contribution in [1.82, 2.24) is 14.9 Å². The zero-order valence-electron chi connectivity index (χ0n) is 14.9. The number of ether oxygens (including phenoxy) is 2. The first-order valence-electron chi connectivity index (χ1n) is 8.02. The summed E-state index contributed by atoms with van der Waals surface area (Å²) < 4.78 is 11.6. The first-order chi connectivity index (χ1) is 13.1. The number of nitrogens with zero attached hydrogens (tertiary/aromatic N) is 3. The molecule has 0 saturated heterocycles. The lowest BCUT2D eigenvalue weighted by Gasteiger charge is -2.06. The number of rotatable bonds is 7. The van der Waals surface area contributed by atoms with Gasteiger partial charge in [-0.25, -0.2) is 4.68 Å². The van der Waals surface area contributed by atoms with Crippen molar-refractivity contribution in [3.05, 3.63) is 48.5 Å². The topological polar surface area (TPSA) is 104 Å². The molecular formula is C18H19N5O3S. The largest absolute Gasteiger partial charge is 0.497 e. The van der Waals surface area contributed by atoms with E-state index in [1.807, 2.05) is 24.3 Å². The third-order valence-corrected chi connectivity index (χ3v) is 4.66. The molecule has 0 aliphatic carbocycles. The maximum Gasteiger partial charge on any atom is 0.234 e. The van der Waals surface area contributed by atoms with Crippen LogP contribution in [-0.4, -0.2) is 40.8 Å². The Bertz CT molecular complexity index is 910. The van der Waals surface area contributed by atoms with Gasteiger partial charge in [0.1, 0.15) is 11.5 Å². The SMILES string of the molecule is COc1ccc(NC(=O)CSc2nnc(-c3ccc(OC)cc3)n2N)cc1. The molecule has 0 aliphatic heterocycles. The second kappa shape index (κ2) is 8.45. The fourth-order valence-corrected chi connectivity index (χ4v) is 2.97. The molecule has 1 heterocycles. The van der Waals surface area contributed by atoms with Crippen molar-refractivity contribution in [1.29, 1.82) is 0 Å². The Labute approximate surface area is 160 Å². The highest BCUT2D eigenvalue weighted by Crippen LogP contribution is 2.23.